The van der Waals surface area contributed by atoms with Crippen molar-refractivity contribution in [3.63, 3.8) is 0 Å². The molecule has 0 bridgehead atoms. The molecule has 19 nitrogen and oxygen atoms in total. The molecular formula is C34H55NO18. The first kappa shape index (κ1) is 42.6. The number of aliphatic hydroxyl groups excluding tert-OH is 11. The molecule has 1 aromatic carbocycles. The summed E-state index contributed by atoms with van der Waals surface area (Å²) in [4.78, 5) is 1.85. The van der Waals surface area contributed by atoms with E-state index in [1.165, 1.54) is 0 Å². The summed E-state index contributed by atoms with van der Waals surface area (Å²) in [6, 6.07) is 8.72. The van der Waals surface area contributed by atoms with Crippen molar-refractivity contribution in [1.29, 1.82) is 0 Å². The third kappa shape index (κ3) is 9.54. The molecule has 0 radical (unpaired) electrons. The molecule has 18 atom stereocenters. The third-order valence-corrected chi connectivity index (χ3v) is 10.2. The predicted molar refractivity (Wildman–Crippen MR) is 176 cm³/mol. The van der Waals surface area contributed by atoms with Crippen LogP contribution < -0.4 is 0 Å². The Labute approximate surface area is 306 Å². The zero-order valence-corrected chi connectivity index (χ0v) is 29.5. The van der Waals surface area contributed by atoms with Gasteiger partial charge in [0.25, 0.3) is 0 Å². The molecular weight excluding hydrogens is 710 g/mol. The second-order valence-electron chi connectivity index (χ2n) is 14.2. The van der Waals surface area contributed by atoms with Crippen LogP contribution in [0, 0.1) is 5.92 Å². The van der Waals surface area contributed by atoms with Gasteiger partial charge in [0.05, 0.1) is 57.8 Å². The summed E-state index contributed by atoms with van der Waals surface area (Å²) in [5, 5.41) is 116. The number of aliphatic hydroxyl groups is 11. The maximum atomic E-state index is 11.4. The highest BCUT2D eigenvalue weighted by Crippen LogP contribution is 2.34. The van der Waals surface area contributed by atoms with E-state index in [-0.39, 0.29) is 32.2 Å². The topological polar surface area (TPSA) is 290 Å². The summed E-state index contributed by atoms with van der Waals surface area (Å²) in [5.74, 6) is -0.353. The smallest absolute Gasteiger partial charge is 0.187 e. The molecule has 4 aliphatic rings. The van der Waals surface area contributed by atoms with Gasteiger partial charge in [-0.3, -0.25) is 4.90 Å². The Morgan fingerprint density at radius 1 is 0.642 bits per heavy atom. The second-order valence-corrected chi connectivity index (χ2v) is 14.2. The molecule has 11 N–H and O–H groups in total. The van der Waals surface area contributed by atoms with E-state index in [2.05, 4.69) is 0 Å². The average molecular weight is 766 g/mol. The average Bonchev–Trinajstić information content (AvgIpc) is 3.15. The first-order chi connectivity index (χ1) is 25.3. The highest BCUT2D eigenvalue weighted by molar-refractivity contribution is 5.19. The predicted octanol–water partition coefficient (Wildman–Crippen LogP) is -5.09. The van der Waals surface area contributed by atoms with Crippen molar-refractivity contribution < 1.29 is 89.3 Å². The van der Waals surface area contributed by atoms with Crippen LogP contribution in [0.5, 0.6) is 0 Å². The number of hydrogen-bond acceptors (Lipinski definition) is 19. The fraction of sp³-hybridized carbons (Fsp3) is 0.824. The maximum Gasteiger partial charge on any atom is 0.187 e. The zero-order valence-electron chi connectivity index (χ0n) is 29.5. The summed E-state index contributed by atoms with van der Waals surface area (Å²) < 4.78 is 40.7. The standard InChI is InChI=1S/C34H55NO18/c1-15(2)30-28(45)31(53-34-27(44)26(43)23(40)19(12-38)51-34)25(42)21(49-30)14-47-33-29(46)32(24(41)20(13-39)50-33)52-22-9-35(8-17(10-36)48-22)18(11-37)16-6-4-3-5-7-16/h3-7,15,17-34,36-46H,8-14H2,1-2H3. The second kappa shape index (κ2) is 19.1. The van der Waals surface area contributed by atoms with Gasteiger partial charge in [0.2, 0.25) is 0 Å². The molecule has 0 spiro atoms. The Morgan fingerprint density at radius 3 is 1.89 bits per heavy atom. The molecule has 1 aromatic rings. The molecule has 304 valence electrons. The van der Waals surface area contributed by atoms with E-state index in [4.69, 9.17) is 33.2 Å². The van der Waals surface area contributed by atoms with Crippen LogP contribution in [0.2, 0.25) is 0 Å². The lowest BCUT2D eigenvalue weighted by Gasteiger charge is -2.48. The fourth-order valence-corrected chi connectivity index (χ4v) is 7.23. The highest BCUT2D eigenvalue weighted by atomic mass is 16.7. The van der Waals surface area contributed by atoms with Crippen LogP contribution >= 0.6 is 0 Å². The summed E-state index contributed by atoms with van der Waals surface area (Å²) in [6.07, 6.45) is -24.6. The summed E-state index contributed by atoms with van der Waals surface area (Å²) >= 11 is 0. The van der Waals surface area contributed by atoms with E-state index in [1.54, 1.807) is 13.8 Å². The lowest BCUT2D eigenvalue weighted by molar-refractivity contribution is -0.355. The van der Waals surface area contributed by atoms with E-state index in [1.807, 2.05) is 35.2 Å². The quantitative estimate of drug-likeness (QED) is 0.0845. The van der Waals surface area contributed by atoms with Crippen LogP contribution in [0.1, 0.15) is 25.5 Å². The van der Waals surface area contributed by atoms with Crippen LogP contribution in [0.15, 0.2) is 30.3 Å². The number of nitrogens with zero attached hydrogens (tertiary/aromatic N) is 1. The van der Waals surface area contributed by atoms with Gasteiger partial charge in [-0.2, -0.15) is 0 Å². The molecule has 0 saturated carbocycles. The van der Waals surface area contributed by atoms with Crippen molar-refractivity contribution in [3.05, 3.63) is 35.9 Å². The number of hydrogen-bond donors (Lipinski definition) is 11. The molecule has 4 fully saturated rings. The molecule has 0 aliphatic carbocycles. The van der Waals surface area contributed by atoms with Gasteiger partial charge >= 0.3 is 0 Å². The van der Waals surface area contributed by atoms with E-state index in [9.17, 15) is 56.2 Å². The van der Waals surface area contributed by atoms with Gasteiger partial charge < -0.3 is 89.3 Å². The van der Waals surface area contributed by atoms with Crippen molar-refractivity contribution in [1.82, 2.24) is 4.90 Å². The van der Waals surface area contributed by atoms with Crippen molar-refractivity contribution in [3.8, 4) is 0 Å². The van der Waals surface area contributed by atoms with Crippen molar-refractivity contribution in [2.45, 2.75) is 124 Å². The van der Waals surface area contributed by atoms with Crippen molar-refractivity contribution in [2.75, 3.05) is 46.1 Å². The number of benzene rings is 1. The molecule has 4 heterocycles. The van der Waals surface area contributed by atoms with Gasteiger partial charge in [0, 0.05) is 6.54 Å². The minimum absolute atomic E-state index is 0.0690. The van der Waals surface area contributed by atoms with Gasteiger partial charge in [0.15, 0.2) is 18.9 Å². The summed E-state index contributed by atoms with van der Waals surface area (Å²) in [5.41, 5.74) is 0.812. The number of rotatable bonds is 14. The molecule has 4 saturated heterocycles. The van der Waals surface area contributed by atoms with Crippen LogP contribution in [-0.2, 0) is 33.2 Å². The largest absolute Gasteiger partial charge is 0.394 e. The lowest BCUT2D eigenvalue weighted by Crippen LogP contribution is -2.65. The molecule has 4 aliphatic heterocycles. The van der Waals surface area contributed by atoms with Gasteiger partial charge in [-0.1, -0.05) is 44.2 Å². The molecule has 5 rings (SSSR count). The monoisotopic (exact) mass is 765 g/mol. The Balaban J connectivity index is 1.28. The molecule has 0 aromatic heterocycles. The Kier molecular flexibility index (Phi) is 15.3. The van der Waals surface area contributed by atoms with Crippen molar-refractivity contribution in [2.24, 2.45) is 5.92 Å². The van der Waals surface area contributed by atoms with Gasteiger partial charge in [-0.25, -0.2) is 0 Å². The van der Waals surface area contributed by atoms with E-state index >= 15 is 0 Å². The van der Waals surface area contributed by atoms with Crippen LogP contribution in [-0.4, -0.2) is 212 Å². The summed E-state index contributed by atoms with van der Waals surface area (Å²) in [6.45, 7) is 1.22. The Hall–Kier alpha value is -1.54. The zero-order chi connectivity index (χ0) is 38.6. The lowest BCUT2D eigenvalue weighted by atomic mass is 9.89. The molecule has 18 unspecified atom stereocenters. The fourth-order valence-electron chi connectivity index (χ4n) is 7.23. The first-order valence-corrected chi connectivity index (χ1v) is 17.9. The van der Waals surface area contributed by atoms with E-state index in [0.29, 0.717) is 0 Å². The Bertz CT molecular complexity index is 1240. The number of ether oxygens (including phenoxy) is 7. The SMILES string of the molecule is CC(C)C1OC(COC2OC(CO)C(O)C(OC3CN(C(CO)c4ccccc4)CC(CO)O3)C2O)C(O)C(OC2OC(CO)C(O)C(O)C2O)C1O. The maximum absolute atomic E-state index is 11.4. The highest BCUT2D eigenvalue weighted by Gasteiger charge is 2.53. The van der Waals surface area contributed by atoms with Gasteiger partial charge in [-0.15, -0.1) is 0 Å². The van der Waals surface area contributed by atoms with Gasteiger partial charge in [-0.05, 0) is 11.5 Å². The molecule has 0 amide bonds. The van der Waals surface area contributed by atoms with Crippen LogP contribution in [0.3, 0.4) is 0 Å². The molecule has 19 heteroatoms. The third-order valence-electron chi connectivity index (χ3n) is 10.2. The van der Waals surface area contributed by atoms with Crippen molar-refractivity contribution >= 4 is 0 Å². The minimum atomic E-state index is -1.81. The Morgan fingerprint density at radius 2 is 1.26 bits per heavy atom. The minimum Gasteiger partial charge on any atom is -0.394 e. The summed E-state index contributed by atoms with van der Waals surface area (Å²) in [7, 11) is 0. The van der Waals surface area contributed by atoms with E-state index < -0.39 is 130 Å². The van der Waals surface area contributed by atoms with Crippen LogP contribution in [0.4, 0.5) is 0 Å². The van der Waals surface area contributed by atoms with Gasteiger partial charge in [0.1, 0.15) is 73.2 Å². The van der Waals surface area contributed by atoms with E-state index in [0.717, 1.165) is 5.56 Å². The normalized spacial score (nSPS) is 43.5. The van der Waals surface area contributed by atoms with Crippen LogP contribution in [0.25, 0.3) is 0 Å². The first-order valence-electron chi connectivity index (χ1n) is 17.9. The number of morpholine rings is 1. The molecule has 53 heavy (non-hydrogen) atoms.